The first-order valence-electron chi connectivity index (χ1n) is 9.60. The maximum atomic E-state index is 12.7. The van der Waals surface area contributed by atoms with E-state index in [9.17, 15) is 13.2 Å². The third-order valence-electron chi connectivity index (χ3n) is 5.06. The number of amidine groups is 1. The summed E-state index contributed by atoms with van der Waals surface area (Å²) in [6, 6.07) is 17.3. The van der Waals surface area contributed by atoms with Crippen molar-refractivity contribution < 1.29 is 13.2 Å². The topological polar surface area (TPSA) is 78.8 Å². The summed E-state index contributed by atoms with van der Waals surface area (Å²) in [7, 11) is -2.94. The monoisotopic (exact) mass is 429 g/mol. The van der Waals surface area contributed by atoms with E-state index in [4.69, 9.17) is 0 Å². The number of thioether (sulfide) groups is 1. The number of hydrogen-bond acceptors (Lipinski definition) is 6. The Morgan fingerprint density at radius 3 is 2.52 bits per heavy atom. The molecule has 2 aromatic carbocycles. The lowest BCUT2D eigenvalue weighted by Gasteiger charge is -2.21. The van der Waals surface area contributed by atoms with Gasteiger partial charge in [0.1, 0.15) is 0 Å². The highest BCUT2D eigenvalue weighted by molar-refractivity contribution is 8.15. The Labute approximate surface area is 175 Å². The van der Waals surface area contributed by atoms with Crippen LogP contribution in [0.3, 0.4) is 0 Å². The Bertz CT molecular complexity index is 1020. The first-order valence-corrected chi connectivity index (χ1v) is 12.3. The standard InChI is InChI=1S/C21H23N3O3S2/c1-2-24(17-6-4-3-5-7-17)20(25)12-15-8-10-16(11-9-15)22-21-23-18-13-29(26,27)14-19(18)28-21/h3-11,18-19H,2,12-14H2,1H3,(H,22,23)/t18-,19-/m0/s1. The van der Waals surface area contributed by atoms with Crippen LogP contribution in [0.4, 0.5) is 11.4 Å². The number of nitrogens with zero attached hydrogens (tertiary/aromatic N) is 2. The Balaban J connectivity index is 1.37. The molecule has 2 atom stereocenters. The maximum Gasteiger partial charge on any atom is 0.231 e. The van der Waals surface area contributed by atoms with Crippen LogP contribution in [0.15, 0.2) is 59.6 Å². The quantitative estimate of drug-likeness (QED) is 0.791. The van der Waals surface area contributed by atoms with E-state index in [1.54, 1.807) is 4.90 Å². The third-order valence-corrected chi connectivity index (χ3v) is 8.21. The van der Waals surface area contributed by atoms with Gasteiger partial charge in [-0.05, 0) is 36.8 Å². The zero-order valence-corrected chi connectivity index (χ0v) is 17.7. The van der Waals surface area contributed by atoms with Crippen LogP contribution in [0.25, 0.3) is 0 Å². The summed E-state index contributed by atoms with van der Waals surface area (Å²) in [5.74, 6) is 0.406. The Morgan fingerprint density at radius 1 is 1.14 bits per heavy atom. The second kappa shape index (κ2) is 8.20. The smallest absolute Gasteiger partial charge is 0.231 e. The number of rotatable bonds is 5. The first kappa shape index (κ1) is 20.0. The molecule has 0 aromatic heterocycles. The van der Waals surface area contributed by atoms with Crippen LogP contribution < -0.4 is 10.2 Å². The van der Waals surface area contributed by atoms with Gasteiger partial charge in [0.2, 0.25) is 5.91 Å². The molecule has 1 fully saturated rings. The number of para-hydroxylation sites is 1. The molecule has 0 aliphatic carbocycles. The van der Waals surface area contributed by atoms with E-state index >= 15 is 0 Å². The molecule has 29 heavy (non-hydrogen) atoms. The van der Waals surface area contributed by atoms with Crippen LogP contribution in [-0.2, 0) is 21.1 Å². The van der Waals surface area contributed by atoms with Crippen molar-refractivity contribution in [2.24, 2.45) is 4.99 Å². The van der Waals surface area contributed by atoms with Gasteiger partial charge in [-0.1, -0.05) is 42.1 Å². The summed E-state index contributed by atoms with van der Waals surface area (Å²) in [4.78, 5) is 19.0. The molecule has 2 aliphatic heterocycles. The molecule has 2 aromatic rings. The normalized spacial score (nSPS) is 22.0. The second-order valence-corrected chi connectivity index (χ2v) is 10.6. The van der Waals surface area contributed by atoms with Crippen molar-refractivity contribution in [2.45, 2.75) is 24.6 Å². The van der Waals surface area contributed by atoms with Crippen molar-refractivity contribution in [3.05, 3.63) is 60.2 Å². The minimum Gasteiger partial charge on any atom is -0.335 e. The number of nitrogens with one attached hydrogen (secondary N) is 1. The molecule has 2 heterocycles. The van der Waals surface area contributed by atoms with Crippen LogP contribution in [0.1, 0.15) is 12.5 Å². The fraction of sp³-hybridized carbons (Fsp3) is 0.333. The first-order chi connectivity index (χ1) is 13.9. The Morgan fingerprint density at radius 2 is 1.86 bits per heavy atom. The fourth-order valence-electron chi connectivity index (χ4n) is 3.63. The van der Waals surface area contributed by atoms with Gasteiger partial charge in [-0.3, -0.25) is 9.79 Å². The van der Waals surface area contributed by atoms with Gasteiger partial charge >= 0.3 is 0 Å². The van der Waals surface area contributed by atoms with Gasteiger partial charge in [-0.2, -0.15) is 0 Å². The number of anilines is 2. The lowest BCUT2D eigenvalue weighted by Crippen LogP contribution is -2.31. The van der Waals surface area contributed by atoms with E-state index in [0.717, 1.165) is 22.1 Å². The summed E-state index contributed by atoms with van der Waals surface area (Å²) in [6.45, 7) is 2.59. The van der Waals surface area contributed by atoms with E-state index in [1.165, 1.54) is 11.8 Å². The molecule has 0 saturated carbocycles. The average Bonchev–Trinajstić information content (AvgIpc) is 3.17. The van der Waals surface area contributed by atoms with Crippen LogP contribution in [0.5, 0.6) is 0 Å². The van der Waals surface area contributed by atoms with E-state index in [-0.39, 0.29) is 28.7 Å². The Kier molecular flexibility index (Phi) is 5.65. The molecule has 1 N–H and O–H groups in total. The highest BCUT2D eigenvalue weighted by Crippen LogP contribution is 2.34. The minimum absolute atomic E-state index is 0.0254. The summed E-state index contributed by atoms with van der Waals surface area (Å²) in [5.41, 5.74) is 2.73. The number of sulfone groups is 1. The molecule has 1 saturated heterocycles. The molecule has 6 nitrogen and oxygen atoms in total. The molecule has 2 aliphatic rings. The molecule has 0 bridgehead atoms. The maximum absolute atomic E-state index is 12.7. The van der Waals surface area contributed by atoms with Crippen LogP contribution in [-0.4, -0.2) is 48.8 Å². The van der Waals surface area contributed by atoms with Crippen LogP contribution >= 0.6 is 11.8 Å². The van der Waals surface area contributed by atoms with E-state index in [0.29, 0.717) is 13.0 Å². The number of hydrogen-bond donors (Lipinski definition) is 1. The summed E-state index contributed by atoms with van der Waals surface area (Å²) < 4.78 is 23.3. The van der Waals surface area contributed by atoms with Gasteiger partial charge in [0.15, 0.2) is 15.0 Å². The summed E-state index contributed by atoms with van der Waals surface area (Å²) >= 11 is 1.50. The number of amides is 1. The van der Waals surface area contributed by atoms with E-state index in [1.807, 2.05) is 61.5 Å². The van der Waals surface area contributed by atoms with Crippen molar-refractivity contribution in [1.82, 2.24) is 0 Å². The number of aliphatic imine (C=N–C) groups is 1. The molecule has 152 valence electrons. The van der Waals surface area contributed by atoms with E-state index in [2.05, 4.69) is 10.3 Å². The van der Waals surface area contributed by atoms with Gasteiger partial charge in [-0.25, -0.2) is 8.42 Å². The third kappa shape index (κ3) is 4.64. The lowest BCUT2D eigenvalue weighted by molar-refractivity contribution is -0.117. The van der Waals surface area contributed by atoms with Gasteiger partial charge in [0, 0.05) is 23.2 Å². The predicted octanol–water partition coefficient (Wildman–Crippen LogP) is 2.96. The van der Waals surface area contributed by atoms with E-state index < -0.39 is 9.84 Å². The fourth-order valence-corrected chi connectivity index (χ4v) is 7.30. The molecule has 1 amide bonds. The van der Waals surface area contributed by atoms with Crippen molar-refractivity contribution >= 4 is 44.0 Å². The average molecular weight is 430 g/mol. The molecule has 4 rings (SSSR count). The Hall–Kier alpha value is -2.32. The van der Waals surface area contributed by atoms with Gasteiger partial charge in [0.25, 0.3) is 0 Å². The summed E-state index contributed by atoms with van der Waals surface area (Å²) in [6.07, 6.45) is 0.334. The SMILES string of the molecule is CCN(C(=O)Cc1ccc(NC2=N[C@H]3CS(=O)(=O)C[C@@H]3S2)cc1)c1ccccc1. The molecular weight excluding hydrogens is 406 g/mol. The van der Waals surface area contributed by atoms with Gasteiger partial charge < -0.3 is 10.2 Å². The number of likely N-dealkylation sites (N-methyl/N-ethyl adjacent to an activating group) is 1. The van der Waals surface area contributed by atoms with Crippen molar-refractivity contribution in [2.75, 3.05) is 28.3 Å². The molecule has 8 heteroatoms. The van der Waals surface area contributed by atoms with Gasteiger partial charge in [-0.15, -0.1) is 0 Å². The minimum atomic E-state index is -2.94. The number of fused-ring (bicyclic) bond motifs is 1. The van der Waals surface area contributed by atoms with Crippen molar-refractivity contribution in [3.63, 3.8) is 0 Å². The van der Waals surface area contributed by atoms with Crippen molar-refractivity contribution in [3.8, 4) is 0 Å². The highest BCUT2D eigenvalue weighted by Gasteiger charge is 2.42. The second-order valence-electron chi connectivity index (χ2n) is 7.21. The lowest BCUT2D eigenvalue weighted by atomic mass is 10.1. The number of carbonyl (C=O) groups is 1. The predicted molar refractivity (Wildman–Crippen MR) is 119 cm³/mol. The zero-order valence-electron chi connectivity index (χ0n) is 16.1. The summed E-state index contributed by atoms with van der Waals surface area (Å²) in [5, 5.41) is 4.05. The molecule has 0 spiro atoms. The van der Waals surface area contributed by atoms with Gasteiger partial charge in [0.05, 0.1) is 24.0 Å². The largest absolute Gasteiger partial charge is 0.335 e. The molecule has 0 unspecified atom stereocenters. The molecule has 0 radical (unpaired) electrons. The number of carbonyl (C=O) groups excluding carboxylic acids is 1. The highest BCUT2D eigenvalue weighted by atomic mass is 32.2. The zero-order chi connectivity index (χ0) is 20.4. The number of benzene rings is 2. The molecular formula is C21H23N3O3S2. The van der Waals surface area contributed by atoms with Crippen molar-refractivity contribution in [1.29, 1.82) is 0 Å². The van der Waals surface area contributed by atoms with Crippen LogP contribution in [0.2, 0.25) is 0 Å². The van der Waals surface area contributed by atoms with Crippen LogP contribution in [0, 0.1) is 0 Å².